The van der Waals surface area contributed by atoms with Crippen molar-refractivity contribution in [3.05, 3.63) is 58.7 Å². The molecule has 2 unspecified atom stereocenters. The minimum atomic E-state index is -4.96. The molecule has 4 rings (SSSR count). The van der Waals surface area contributed by atoms with Gasteiger partial charge in [-0.05, 0) is 23.6 Å². The lowest BCUT2D eigenvalue weighted by molar-refractivity contribution is -0.167. The van der Waals surface area contributed by atoms with Crippen molar-refractivity contribution in [1.29, 1.82) is 0 Å². The van der Waals surface area contributed by atoms with Crippen LogP contribution in [-0.2, 0) is 15.9 Å². The van der Waals surface area contributed by atoms with Crippen LogP contribution in [0.25, 0.3) is 0 Å². The van der Waals surface area contributed by atoms with Crippen LogP contribution in [0.2, 0.25) is 0 Å². The van der Waals surface area contributed by atoms with Gasteiger partial charge in [-0.2, -0.15) is 5.09 Å². The highest BCUT2D eigenvalue weighted by molar-refractivity contribution is 7.49. The van der Waals surface area contributed by atoms with E-state index < -0.39 is 24.9 Å². The number of carbonyl (C=O) groups is 1. The minimum Gasteiger partial charge on any atom is -0.455 e. The fourth-order valence-electron chi connectivity index (χ4n) is 3.94. The number of nitrogen functional groups attached to an aromatic ring is 1. The van der Waals surface area contributed by atoms with Crippen molar-refractivity contribution in [1.82, 2.24) is 5.09 Å². The monoisotopic (exact) mass is 390 g/mol. The molecule has 1 heterocycles. The van der Waals surface area contributed by atoms with Crippen molar-refractivity contribution in [2.45, 2.75) is 31.1 Å². The fraction of sp³-hybridized carbons (Fsp3) is 0.278. The van der Waals surface area contributed by atoms with Crippen LogP contribution in [0.15, 0.2) is 36.4 Å². The molecule has 0 amide bonds. The largest absolute Gasteiger partial charge is 0.455 e. The van der Waals surface area contributed by atoms with Gasteiger partial charge in [0.2, 0.25) is 0 Å². The molecular formula is C18H19N2O6P. The molecule has 0 fully saturated rings. The summed E-state index contributed by atoms with van der Waals surface area (Å²) in [5.74, 6) is -2.75. The number of carbonyl (C=O) groups excluding carboxylic acids is 1. The van der Waals surface area contributed by atoms with E-state index in [1.807, 2.05) is 18.9 Å². The van der Waals surface area contributed by atoms with Gasteiger partial charge in [-0.15, -0.1) is 0 Å². The van der Waals surface area contributed by atoms with Crippen LogP contribution in [0, 0.1) is 0 Å². The van der Waals surface area contributed by atoms with E-state index in [4.69, 9.17) is 10.5 Å². The predicted molar refractivity (Wildman–Crippen MR) is 97.1 cm³/mol. The molecule has 0 aromatic heterocycles. The average molecular weight is 390 g/mol. The van der Waals surface area contributed by atoms with E-state index in [0.29, 0.717) is 0 Å². The fourth-order valence-corrected chi connectivity index (χ4v) is 4.75. The molecule has 0 saturated heterocycles. The lowest BCUT2D eigenvalue weighted by Crippen LogP contribution is -2.57. The number of hydrogen-bond acceptors (Lipinski definition) is 5. The summed E-state index contributed by atoms with van der Waals surface area (Å²) in [6, 6.07) is 9.43. The summed E-state index contributed by atoms with van der Waals surface area (Å²) in [7, 11) is -4.96. The topological polar surface area (TPSA) is 142 Å². The third-order valence-electron chi connectivity index (χ3n) is 5.19. The summed E-state index contributed by atoms with van der Waals surface area (Å²) in [4.78, 5) is 32.6. The maximum absolute atomic E-state index is 13.4. The van der Waals surface area contributed by atoms with Crippen LogP contribution >= 0.6 is 7.75 Å². The van der Waals surface area contributed by atoms with Gasteiger partial charge in [-0.25, -0.2) is 4.57 Å². The third-order valence-corrected chi connectivity index (χ3v) is 5.81. The van der Waals surface area contributed by atoms with Crippen molar-refractivity contribution in [3.63, 3.8) is 0 Å². The Bertz CT molecular complexity index is 1030. The molecule has 2 aliphatic rings. The first-order chi connectivity index (χ1) is 12.5. The second-order valence-corrected chi connectivity index (χ2v) is 8.47. The van der Waals surface area contributed by atoms with Gasteiger partial charge in [0, 0.05) is 16.8 Å². The maximum atomic E-state index is 13.4. The van der Waals surface area contributed by atoms with E-state index in [2.05, 4.69) is 0 Å². The van der Waals surface area contributed by atoms with Gasteiger partial charge in [0.1, 0.15) is 5.75 Å². The normalized spacial score (nSPS) is 25.9. The van der Waals surface area contributed by atoms with Crippen molar-refractivity contribution >= 4 is 19.2 Å². The Morgan fingerprint density at radius 2 is 1.89 bits per heavy atom. The molecule has 1 aliphatic carbocycles. The molecule has 27 heavy (non-hydrogen) atoms. The number of nitrogens with one attached hydrogen (secondary N) is 1. The van der Waals surface area contributed by atoms with Gasteiger partial charge in [0.25, 0.3) is 5.79 Å². The second kappa shape index (κ2) is 5.41. The summed E-state index contributed by atoms with van der Waals surface area (Å²) in [5, 5.41) is 13.5. The number of anilines is 1. The standard InChI is InChI=1S/C18H19N2O6P/c1-9(2)10-6-7-11-14(8-10)26-18(22)12-4-3-5-13(19)15(12)16(21)17(11,18)20-27(23,24)25/h3-9,22H,19H2,1-2H3,(H3,20,23,24,25). The molecule has 0 bridgehead atoms. The van der Waals surface area contributed by atoms with Gasteiger partial charge in [0.05, 0.1) is 5.56 Å². The van der Waals surface area contributed by atoms with Crippen LogP contribution in [-0.4, -0.2) is 20.7 Å². The van der Waals surface area contributed by atoms with Gasteiger partial charge in [-0.3, -0.25) is 4.79 Å². The predicted octanol–water partition coefficient (Wildman–Crippen LogP) is 1.70. The number of fused-ring (bicyclic) bond motifs is 5. The molecular weight excluding hydrogens is 371 g/mol. The summed E-state index contributed by atoms with van der Waals surface area (Å²) in [6.07, 6.45) is 0. The zero-order valence-electron chi connectivity index (χ0n) is 14.6. The Kier molecular flexibility index (Phi) is 3.64. The number of aliphatic hydroxyl groups is 1. The summed E-state index contributed by atoms with van der Waals surface area (Å²) >= 11 is 0. The Morgan fingerprint density at radius 3 is 2.52 bits per heavy atom. The van der Waals surface area contributed by atoms with Gasteiger partial charge in [0.15, 0.2) is 11.3 Å². The number of benzene rings is 2. The van der Waals surface area contributed by atoms with Gasteiger partial charge in [-0.1, -0.05) is 38.1 Å². The van der Waals surface area contributed by atoms with Crippen LogP contribution in [0.1, 0.15) is 46.8 Å². The van der Waals surface area contributed by atoms with Crippen LogP contribution < -0.4 is 15.6 Å². The Hall–Kier alpha value is -2.22. The third kappa shape index (κ3) is 2.25. The number of rotatable bonds is 3. The molecule has 2 atom stereocenters. The lowest BCUT2D eigenvalue weighted by Gasteiger charge is -2.34. The smallest absolute Gasteiger partial charge is 0.401 e. The zero-order valence-corrected chi connectivity index (χ0v) is 15.5. The molecule has 1 aliphatic heterocycles. The number of nitrogens with two attached hydrogens (primary N) is 1. The minimum absolute atomic E-state index is 0.0143. The van der Waals surface area contributed by atoms with Crippen molar-refractivity contribution in [3.8, 4) is 5.75 Å². The van der Waals surface area contributed by atoms with E-state index in [0.717, 1.165) is 5.56 Å². The highest BCUT2D eigenvalue weighted by Crippen LogP contribution is 2.61. The van der Waals surface area contributed by atoms with E-state index in [9.17, 15) is 24.3 Å². The highest BCUT2D eigenvalue weighted by Gasteiger charge is 2.72. The zero-order chi connectivity index (χ0) is 19.8. The molecule has 2 aromatic carbocycles. The van der Waals surface area contributed by atoms with Crippen molar-refractivity contribution in [2.75, 3.05) is 5.73 Å². The molecule has 0 radical (unpaired) electrons. The van der Waals surface area contributed by atoms with E-state index in [1.54, 1.807) is 24.3 Å². The number of hydrogen-bond donors (Lipinski definition) is 5. The van der Waals surface area contributed by atoms with E-state index in [-0.39, 0.29) is 34.0 Å². The van der Waals surface area contributed by atoms with Crippen LogP contribution in [0.4, 0.5) is 5.69 Å². The molecule has 2 aromatic rings. The molecule has 0 saturated carbocycles. The van der Waals surface area contributed by atoms with E-state index >= 15 is 0 Å². The summed E-state index contributed by atoms with van der Waals surface area (Å²) in [6.45, 7) is 3.94. The Morgan fingerprint density at radius 1 is 1.19 bits per heavy atom. The van der Waals surface area contributed by atoms with Gasteiger partial charge >= 0.3 is 7.75 Å². The number of ether oxygens (including phenoxy) is 1. The SMILES string of the molecule is CC(C)c1ccc2c(c1)OC1(O)c3cccc(N)c3C(=O)C21NP(=O)(O)O. The van der Waals surface area contributed by atoms with E-state index in [1.165, 1.54) is 12.1 Å². The number of Topliss-reactive ketones (excluding diaryl/α,β-unsaturated/α-hetero) is 1. The molecule has 6 N–H and O–H groups in total. The van der Waals surface area contributed by atoms with Gasteiger partial charge < -0.3 is 25.4 Å². The molecule has 8 nitrogen and oxygen atoms in total. The highest BCUT2D eigenvalue weighted by atomic mass is 31.2. The molecule has 142 valence electrons. The van der Waals surface area contributed by atoms with Crippen LogP contribution in [0.5, 0.6) is 5.75 Å². The Balaban J connectivity index is 2.04. The first-order valence-electron chi connectivity index (χ1n) is 8.36. The first kappa shape index (κ1) is 18.2. The summed E-state index contributed by atoms with van der Waals surface area (Å²) in [5.41, 5.74) is 4.91. The Labute approximate surface area is 155 Å². The van der Waals surface area contributed by atoms with Crippen LogP contribution in [0.3, 0.4) is 0 Å². The lowest BCUT2D eigenvalue weighted by atomic mass is 9.83. The molecule has 0 spiro atoms. The quantitative estimate of drug-likeness (QED) is 0.394. The van der Waals surface area contributed by atoms with Crippen molar-refractivity contribution < 1.29 is 29.0 Å². The maximum Gasteiger partial charge on any atom is 0.401 e. The number of ketones is 1. The average Bonchev–Trinajstić information content (AvgIpc) is 2.91. The summed E-state index contributed by atoms with van der Waals surface area (Å²) < 4.78 is 17.7. The first-order valence-corrected chi connectivity index (χ1v) is 9.97. The molecule has 9 heteroatoms. The van der Waals surface area contributed by atoms with Crippen molar-refractivity contribution in [2.24, 2.45) is 0 Å². The second-order valence-electron chi connectivity index (χ2n) is 7.16.